The molecule has 2 rings (SSSR count). The zero-order chi connectivity index (χ0) is 21.7. The highest BCUT2D eigenvalue weighted by Gasteiger charge is 2.38. The van der Waals surface area contributed by atoms with Gasteiger partial charge in [-0.2, -0.15) is 5.26 Å². The molecule has 0 saturated carbocycles. The van der Waals surface area contributed by atoms with E-state index in [0.717, 1.165) is 0 Å². The summed E-state index contributed by atoms with van der Waals surface area (Å²) in [5.74, 6) is -2.40. The van der Waals surface area contributed by atoms with Crippen LogP contribution < -0.4 is 5.32 Å². The van der Waals surface area contributed by atoms with E-state index in [1.807, 2.05) is 6.07 Å². The summed E-state index contributed by atoms with van der Waals surface area (Å²) in [5.41, 5.74) is 1.29. The highest BCUT2D eigenvalue weighted by Crippen LogP contribution is 2.40. The van der Waals surface area contributed by atoms with Gasteiger partial charge in [0, 0.05) is 23.5 Å². The lowest BCUT2D eigenvalue weighted by molar-refractivity contribution is -0.384. The second kappa shape index (κ2) is 9.01. The Bertz CT molecular complexity index is 957. The lowest BCUT2D eigenvalue weighted by Crippen LogP contribution is -2.33. The van der Waals surface area contributed by atoms with E-state index in [1.165, 1.54) is 25.1 Å². The standard InChI is InChI=1S/C20H21N3O6/c1-5-28-19(24)16-12(3)22-13(4)17(20(25)29-11(2)10-21)18(16)14-7-6-8-15(9-14)23(26)27/h6-9,11,18,22H,5H2,1-4H3. The summed E-state index contributed by atoms with van der Waals surface area (Å²) in [6.45, 7) is 6.46. The zero-order valence-electron chi connectivity index (χ0n) is 16.5. The third-order valence-corrected chi connectivity index (χ3v) is 4.36. The molecule has 0 radical (unpaired) electrons. The van der Waals surface area contributed by atoms with Gasteiger partial charge in [0.25, 0.3) is 5.69 Å². The lowest BCUT2D eigenvalue weighted by atomic mass is 9.80. The Hall–Kier alpha value is -3.67. The SMILES string of the molecule is CCOC(=O)C1=C(C)NC(C)=C(C(=O)OC(C)C#N)C1c1cccc([N+](=O)[O-])c1. The van der Waals surface area contributed by atoms with Gasteiger partial charge in [-0.05, 0) is 33.3 Å². The Balaban J connectivity index is 2.68. The third-order valence-electron chi connectivity index (χ3n) is 4.36. The molecule has 2 atom stereocenters. The van der Waals surface area contributed by atoms with Crippen LogP contribution in [0.25, 0.3) is 0 Å². The molecule has 29 heavy (non-hydrogen) atoms. The Morgan fingerprint density at radius 1 is 1.28 bits per heavy atom. The molecular formula is C20H21N3O6. The van der Waals surface area contributed by atoms with Gasteiger partial charge >= 0.3 is 11.9 Å². The number of hydrogen-bond donors (Lipinski definition) is 1. The molecule has 0 amide bonds. The van der Waals surface area contributed by atoms with E-state index >= 15 is 0 Å². The number of rotatable bonds is 6. The summed E-state index contributed by atoms with van der Waals surface area (Å²) in [5, 5.41) is 23.2. The van der Waals surface area contributed by atoms with E-state index in [0.29, 0.717) is 17.0 Å². The molecule has 0 saturated heterocycles. The van der Waals surface area contributed by atoms with E-state index in [-0.39, 0.29) is 23.4 Å². The monoisotopic (exact) mass is 399 g/mol. The number of carbonyl (C=O) groups excluding carboxylic acids is 2. The first-order valence-corrected chi connectivity index (χ1v) is 8.91. The number of nitriles is 1. The minimum atomic E-state index is -1.01. The molecule has 0 spiro atoms. The average Bonchev–Trinajstić information content (AvgIpc) is 2.67. The van der Waals surface area contributed by atoms with Crippen molar-refractivity contribution in [1.82, 2.24) is 5.32 Å². The Kier molecular flexibility index (Phi) is 6.72. The van der Waals surface area contributed by atoms with E-state index < -0.39 is 28.9 Å². The molecule has 1 aromatic carbocycles. The normalized spacial score (nSPS) is 17.1. The van der Waals surface area contributed by atoms with Crippen molar-refractivity contribution < 1.29 is 24.0 Å². The van der Waals surface area contributed by atoms with Gasteiger partial charge in [0.15, 0.2) is 6.10 Å². The Morgan fingerprint density at radius 3 is 2.45 bits per heavy atom. The number of esters is 2. The molecule has 1 heterocycles. The van der Waals surface area contributed by atoms with Crippen LogP contribution in [0.5, 0.6) is 0 Å². The quantitative estimate of drug-likeness (QED) is 0.439. The van der Waals surface area contributed by atoms with Gasteiger partial charge in [0.2, 0.25) is 0 Å². The predicted molar refractivity (Wildman–Crippen MR) is 102 cm³/mol. The highest BCUT2D eigenvalue weighted by atomic mass is 16.6. The summed E-state index contributed by atoms with van der Waals surface area (Å²) >= 11 is 0. The van der Waals surface area contributed by atoms with Crippen molar-refractivity contribution in [2.24, 2.45) is 0 Å². The van der Waals surface area contributed by atoms with Crippen molar-refractivity contribution in [2.45, 2.75) is 39.7 Å². The molecule has 0 aliphatic carbocycles. The molecular weight excluding hydrogens is 378 g/mol. The summed E-state index contributed by atoms with van der Waals surface area (Å²) < 4.78 is 10.3. The first-order chi connectivity index (χ1) is 13.7. The number of non-ortho nitro benzene ring substituents is 1. The molecule has 0 fully saturated rings. The number of hydrogen-bond acceptors (Lipinski definition) is 8. The average molecular weight is 399 g/mol. The van der Waals surface area contributed by atoms with Gasteiger partial charge in [-0.3, -0.25) is 10.1 Å². The van der Waals surface area contributed by atoms with Crippen molar-refractivity contribution in [3.05, 3.63) is 62.5 Å². The van der Waals surface area contributed by atoms with E-state index in [9.17, 15) is 19.7 Å². The topological polar surface area (TPSA) is 132 Å². The zero-order valence-corrected chi connectivity index (χ0v) is 16.5. The maximum absolute atomic E-state index is 12.8. The van der Waals surface area contributed by atoms with Crippen molar-refractivity contribution in [3.8, 4) is 6.07 Å². The van der Waals surface area contributed by atoms with Crippen LogP contribution in [0.15, 0.2) is 46.8 Å². The fraction of sp³-hybridized carbons (Fsp3) is 0.350. The summed E-state index contributed by atoms with van der Waals surface area (Å²) in [7, 11) is 0. The molecule has 0 aromatic heterocycles. The van der Waals surface area contributed by atoms with Crippen LogP contribution in [0, 0.1) is 21.4 Å². The van der Waals surface area contributed by atoms with Crippen LogP contribution in [-0.2, 0) is 19.1 Å². The van der Waals surface area contributed by atoms with Crippen molar-refractivity contribution >= 4 is 17.6 Å². The maximum atomic E-state index is 12.8. The van der Waals surface area contributed by atoms with Crippen LogP contribution >= 0.6 is 0 Å². The summed E-state index contributed by atoms with van der Waals surface area (Å²) in [4.78, 5) is 36.2. The molecule has 0 bridgehead atoms. The molecule has 9 heteroatoms. The van der Waals surface area contributed by atoms with Crippen molar-refractivity contribution in [3.63, 3.8) is 0 Å². The van der Waals surface area contributed by atoms with Crippen LogP contribution in [-0.4, -0.2) is 29.6 Å². The third kappa shape index (κ3) is 4.60. The molecule has 1 aliphatic rings. The predicted octanol–water partition coefficient (Wildman–Crippen LogP) is 2.85. The second-order valence-electron chi connectivity index (χ2n) is 6.38. The van der Waals surface area contributed by atoms with Gasteiger partial charge in [0.05, 0.1) is 28.6 Å². The molecule has 9 nitrogen and oxygen atoms in total. The van der Waals surface area contributed by atoms with Crippen LogP contribution in [0.1, 0.15) is 39.2 Å². The van der Waals surface area contributed by atoms with Gasteiger partial charge in [0.1, 0.15) is 6.07 Å². The van der Waals surface area contributed by atoms with Crippen LogP contribution in [0.3, 0.4) is 0 Å². The molecule has 152 valence electrons. The summed E-state index contributed by atoms with van der Waals surface area (Å²) in [6, 6.07) is 7.49. The number of ether oxygens (including phenoxy) is 2. The molecule has 1 N–H and O–H groups in total. The van der Waals surface area contributed by atoms with Crippen molar-refractivity contribution in [1.29, 1.82) is 5.26 Å². The smallest absolute Gasteiger partial charge is 0.338 e. The number of carbonyl (C=O) groups is 2. The Morgan fingerprint density at radius 2 is 1.90 bits per heavy atom. The first kappa shape index (κ1) is 21.6. The first-order valence-electron chi connectivity index (χ1n) is 8.91. The molecule has 2 unspecified atom stereocenters. The van der Waals surface area contributed by atoms with E-state index in [4.69, 9.17) is 14.7 Å². The largest absolute Gasteiger partial charge is 0.463 e. The van der Waals surface area contributed by atoms with Gasteiger partial charge in [-0.1, -0.05) is 12.1 Å². The highest BCUT2D eigenvalue weighted by molar-refractivity contribution is 6.00. The number of allylic oxidation sites excluding steroid dienone is 2. The fourth-order valence-corrected chi connectivity index (χ4v) is 3.15. The van der Waals surface area contributed by atoms with E-state index in [2.05, 4.69) is 5.32 Å². The van der Waals surface area contributed by atoms with Crippen LogP contribution in [0.4, 0.5) is 5.69 Å². The lowest BCUT2D eigenvalue weighted by Gasteiger charge is -2.30. The van der Waals surface area contributed by atoms with Gasteiger partial charge in [-0.25, -0.2) is 9.59 Å². The van der Waals surface area contributed by atoms with Gasteiger partial charge < -0.3 is 14.8 Å². The maximum Gasteiger partial charge on any atom is 0.338 e. The van der Waals surface area contributed by atoms with E-state index in [1.54, 1.807) is 26.8 Å². The minimum absolute atomic E-state index is 0.0845. The second-order valence-corrected chi connectivity index (χ2v) is 6.38. The fourth-order valence-electron chi connectivity index (χ4n) is 3.15. The number of nitrogens with one attached hydrogen (secondary N) is 1. The number of nitro groups is 1. The number of benzene rings is 1. The van der Waals surface area contributed by atoms with Crippen molar-refractivity contribution in [2.75, 3.05) is 6.61 Å². The molecule has 1 aliphatic heterocycles. The summed E-state index contributed by atoms with van der Waals surface area (Å²) in [6.07, 6.45) is -1.01. The number of dihydropyridines is 1. The number of nitro benzene ring substituents is 1. The van der Waals surface area contributed by atoms with Crippen LogP contribution in [0.2, 0.25) is 0 Å². The minimum Gasteiger partial charge on any atom is -0.463 e. The van der Waals surface area contributed by atoms with Gasteiger partial charge in [-0.15, -0.1) is 0 Å². The Labute approximate surface area is 167 Å². The number of nitrogens with zero attached hydrogens (tertiary/aromatic N) is 2. The molecule has 1 aromatic rings.